The summed E-state index contributed by atoms with van der Waals surface area (Å²) in [5.41, 5.74) is 2.98. The molecular formula is C30H48N4O3. The molecule has 3 N–H and O–H groups in total. The third-order valence-electron chi connectivity index (χ3n) is 9.82. The summed E-state index contributed by atoms with van der Waals surface area (Å²) in [7, 11) is 0. The number of aromatic nitrogens is 4. The summed E-state index contributed by atoms with van der Waals surface area (Å²) in [6.45, 7) is 13.5. The molecule has 0 unspecified atom stereocenters. The van der Waals surface area contributed by atoms with Crippen molar-refractivity contribution in [1.82, 2.24) is 20.2 Å². The zero-order chi connectivity index (χ0) is 26.8. The molecule has 7 atom stereocenters. The van der Waals surface area contributed by atoms with Gasteiger partial charge in [-0.1, -0.05) is 51.0 Å². The Kier molecular flexibility index (Phi) is 8.76. The van der Waals surface area contributed by atoms with Crippen molar-refractivity contribution in [1.29, 1.82) is 0 Å². The van der Waals surface area contributed by atoms with Crippen LogP contribution in [-0.4, -0.2) is 53.3 Å². The number of fused-ring (bicyclic) bond motifs is 1. The largest absolute Gasteiger partial charge is 0.392 e. The second kappa shape index (κ2) is 11.5. The highest BCUT2D eigenvalue weighted by molar-refractivity contribution is 5.39. The number of rotatable bonds is 9. The van der Waals surface area contributed by atoms with E-state index in [0.717, 1.165) is 36.3 Å². The molecule has 0 radical (unpaired) electrons. The van der Waals surface area contributed by atoms with E-state index in [0.29, 0.717) is 36.6 Å². The Balaban J connectivity index is 1.41. The maximum Gasteiger partial charge on any atom is 0.162 e. The van der Waals surface area contributed by atoms with Gasteiger partial charge in [0.1, 0.15) is 0 Å². The highest BCUT2D eigenvalue weighted by Crippen LogP contribution is 2.60. The number of hydrogen-bond acceptors (Lipinski definition) is 6. The van der Waals surface area contributed by atoms with Crippen LogP contribution in [0.15, 0.2) is 41.8 Å². The van der Waals surface area contributed by atoms with Crippen LogP contribution in [-0.2, 0) is 6.54 Å². The topological polar surface area (TPSA) is 104 Å². The quantitative estimate of drug-likeness (QED) is 0.430. The molecular weight excluding hydrogens is 464 g/mol. The first-order valence-electron chi connectivity index (χ1n) is 14.4. The Morgan fingerprint density at radius 2 is 2.05 bits per heavy atom. The van der Waals surface area contributed by atoms with Gasteiger partial charge in [0.15, 0.2) is 6.33 Å². The zero-order valence-corrected chi connectivity index (χ0v) is 23.3. The van der Waals surface area contributed by atoms with E-state index in [1.54, 1.807) is 0 Å². The monoisotopic (exact) mass is 512 g/mol. The van der Waals surface area contributed by atoms with Gasteiger partial charge in [0.2, 0.25) is 0 Å². The molecule has 7 heteroatoms. The Bertz CT molecular complexity index is 979. The number of hydrogen-bond donors (Lipinski definition) is 3. The van der Waals surface area contributed by atoms with E-state index in [2.05, 4.69) is 48.0 Å². The van der Waals surface area contributed by atoms with Gasteiger partial charge < -0.3 is 15.3 Å². The van der Waals surface area contributed by atoms with Crippen LogP contribution in [0.3, 0.4) is 0 Å². The van der Waals surface area contributed by atoms with Crippen molar-refractivity contribution in [2.45, 2.75) is 116 Å². The predicted octanol–water partition coefficient (Wildman–Crippen LogP) is 5.01. The fraction of sp³-hybridized carbons (Fsp3) is 0.767. The Morgan fingerprint density at radius 1 is 1.27 bits per heavy atom. The highest BCUT2D eigenvalue weighted by Gasteiger charge is 2.50. The number of nitrogens with zero attached hydrogens (tertiary/aromatic N) is 4. The smallest absolute Gasteiger partial charge is 0.162 e. The van der Waals surface area contributed by atoms with Gasteiger partial charge >= 0.3 is 0 Å². The summed E-state index contributed by atoms with van der Waals surface area (Å²) in [6, 6.07) is 0. The molecule has 0 amide bonds. The molecule has 1 aromatic heterocycles. The third-order valence-corrected chi connectivity index (χ3v) is 9.82. The molecule has 3 saturated carbocycles. The first-order chi connectivity index (χ1) is 17.5. The van der Waals surface area contributed by atoms with E-state index in [-0.39, 0.29) is 5.92 Å². The maximum atomic E-state index is 10.9. The van der Waals surface area contributed by atoms with Crippen LogP contribution < -0.4 is 0 Å². The van der Waals surface area contributed by atoms with Gasteiger partial charge in [0.25, 0.3) is 0 Å². The van der Waals surface area contributed by atoms with Gasteiger partial charge in [-0.05, 0) is 105 Å². The lowest BCUT2D eigenvalue weighted by molar-refractivity contribution is 0.0110. The first-order valence-corrected chi connectivity index (χ1v) is 14.4. The third kappa shape index (κ3) is 6.43. The minimum atomic E-state index is -0.769. The molecule has 3 aliphatic rings. The van der Waals surface area contributed by atoms with Crippen molar-refractivity contribution in [3.8, 4) is 0 Å². The van der Waals surface area contributed by atoms with Crippen LogP contribution in [0.4, 0.5) is 0 Å². The van der Waals surface area contributed by atoms with E-state index in [1.165, 1.54) is 48.8 Å². The molecule has 1 heterocycles. The molecule has 4 rings (SSSR count). The fourth-order valence-electron chi connectivity index (χ4n) is 7.73. The number of aryl methyl sites for hydroxylation is 1. The molecule has 3 aliphatic carbocycles. The summed E-state index contributed by atoms with van der Waals surface area (Å²) in [5, 5.41) is 43.5. The van der Waals surface area contributed by atoms with Gasteiger partial charge in [0, 0.05) is 5.92 Å². The van der Waals surface area contributed by atoms with Gasteiger partial charge in [-0.3, -0.25) is 0 Å². The highest BCUT2D eigenvalue weighted by atomic mass is 16.3. The van der Waals surface area contributed by atoms with Crippen LogP contribution in [0.25, 0.3) is 0 Å². The molecule has 0 aliphatic heterocycles. The minimum Gasteiger partial charge on any atom is -0.392 e. The number of aliphatic hydroxyl groups excluding tert-OH is 2. The second-order valence-corrected chi connectivity index (χ2v) is 12.9. The van der Waals surface area contributed by atoms with E-state index in [9.17, 15) is 15.3 Å². The van der Waals surface area contributed by atoms with Crippen molar-refractivity contribution in [2.75, 3.05) is 0 Å². The van der Waals surface area contributed by atoms with E-state index in [4.69, 9.17) is 0 Å². The van der Waals surface area contributed by atoms with Gasteiger partial charge in [-0.15, -0.1) is 10.2 Å². The lowest BCUT2D eigenvalue weighted by Gasteiger charge is -2.44. The van der Waals surface area contributed by atoms with Crippen LogP contribution in [0.1, 0.15) is 91.9 Å². The summed E-state index contributed by atoms with van der Waals surface area (Å²) in [4.78, 5) is 1.49. The van der Waals surface area contributed by atoms with Gasteiger partial charge in [0.05, 0.1) is 24.4 Å². The molecule has 1 aromatic rings. The standard InChI is InChI=1S/C30H48N4O3/c1-20(8-6-15-29(3,4)37)25-12-13-26-22(9-7-16-30(25,26)5)10-11-23-18-27(35)24(28(36)21(23)2)14-17-34-32-19-31-33-34/h10-11,19-20,24-28,35-37H,2,6-9,12-18H2,1,3-5H3/b22-10+,23-11-/t20-,24+,25-,26-,27+,28-,30-/m1/s1. The molecule has 3 fully saturated rings. The summed E-state index contributed by atoms with van der Waals surface area (Å²) < 4.78 is 0. The van der Waals surface area contributed by atoms with E-state index in [1.807, 2.05) is 13.8 Å². The van der Waals surface area contributed by atoms with Gasteiger partial charge in [-0.2, -0.15) is 4.80 Å². The van der Waals surface area contributed by atoms with E-state index < -0.39 is 17.8 Å². The number of aliphatic hydroxyl groups is 3. The van der Waals surface area contributed by atoms with Crippen LogP contribution in [0.2, 0.25) is 0 Å². The van der Waals surface area contributed by atoms with Crippen molar-refractivity contribution < 1.29 is 15.3 Å². The van der Waals surface area contributed by atoms with Crippen molar-refractivity contribution >= 4 is 0 Å². The maximum absolute atomic E-state index is 10.9. The molecule has 37 heavy (non-hydrogen) atoms. The van der Waals surface area contributed by atoms with Crippen LogP contribution >= 0.6 is 0 Å². The molecule has 7 nitrogen and oxygen atoms in total. The predicted molar refractivity (Wildman–Crippen MR) is 145 cm³/mol. The van der Waals surface area contributed by atoms with E-state index >= 15 is 0 Å². The van der Waals surface area contributed by atoms with Crippen molar-refractivity contribution in [2.24, 2.45) is 29.1 Å². The number of tetrazole rings is 1. The molecule has 0 saturated heterocycles. The summed E-state index contributed by atoms with van der Waals surface area (Å²) in [6.07, 6.45) is 14.8. The van der Waals surface area contributed by atoms with Crippen LogP contribution in [0, 0.1) is 29.1 Å². The molecule has 0 bridgehead atoms. The molecule has 206 valence electrons. The first kappa shape index (κ1) is 28.2. The number of allylic oxidation sites excluding steroid dienone is 3. The average Bonchev–Trinajstić information content (AvgIpc) is 3.47. The van der Waals surface area contributed by atoms with Gasteiger partial charge in [-0.25, -0.2) is 0 Å². The lowest BCUT2D eigenvalue weighted by Crippen LogP contribution is -2.39. The fourth-order valence-corrected chi connectivity index (χ4v) is 7.73. The average molecular weight is 513 g/mol. The van der Waals surface area contributed by atoms with Crippen LogP contribution in [0.5, 0.6) is 0 Å². The second-order valence-electron chi connectivity index (χ2n) is 12.9. The zero-order valence-electron chi connectivity index (χ0n) is 23.3. The molecule has 0 spiro atoms. The Hall–Kier alpha value is -1.83. The Morgan fingerprint density at radius 3 is 2.76 bits per heavy atom. The molecule has 0 aromatic carbocycles. The summed E-state index contributed by atoms with van der Waals surface area (Å²) >= 11 is 0. The lowest BCUT2D eigenvalue weighted by atomic mass is 9.60. The van der Waals surface area contributed by atoms with Crippen molar-refractivity contribution in [3.63, 3.8) is 0 Å². The minimum absolute atomic E-state index is 0.283. The normalized spacial score (nSPS) is 35.8. The summed E-state index contributed by atoms with van der Waals surface area (Å²) in [5.74, 6) is 1.72. The Labute approximate surface area is 222 Å². The van der Waals surface area contributed by atoms with Crippen molar-refractivity contribution in [3.05, 3.63) is 41.8 Å². The SMILES string of the molecule is C=C1/C(=C\C=C2/CCC[C@@]3(C)[C@@H]2CC[C@@H]3[C@H](C)CCCC(C)(C)O)C[C@H](O)[C@H](CCn2ncnn2)[C@@H]1O.